The molecule has 1 aromatic heterocycles. The van der Waals surface area contributed by atoms with Gasteiger partial charge in [0.25, 0.3) is 0 Å². The summed E-state index contributed by atoms with van der Waals surface area (Å²) in [6, 6.07) is 5.42. The van der Waals surface area contributed by atoms with Gasteiger partial charge in [-0.1, -0.05) is 6.07 Å². The predicted octanol–water partition coefficient (Wildman–Crippen LogP) is 0.891. The maximum absolute atomic E-state index is 12.0. The van der Waals surface area contributed by atoms with E-state index in [1.807, 2.05) is 6.07 Å². The molecule has 1 atom stereocenters. The number of carboxylic acids is 1. The van der Waals surface area contributed by atoms with Gasteiger partial charge in [0.1, 0.15) is 12.4 Å². The lowest BCUT2D eigenvalue weighted by atomic mass is 9.97. The molecule has 0 fully saturated rings. The van der Waals surface area contributed by atoms with Crippen LogP contribution in [0.3, 0.4) is 0 Å². The average Bonchev–Trinajstić information content (AvgIpc) is 2.93. The Labute approximate surface area is 121 Å². The first-order valence-electron chi connectivity index (χ1n) is 6.39. The molecule has 0 radical (unpaired) electrons. The molecule has 1 aliphatic rings. The Kier molecular flexibility index (Phi) is 4.65. The fourth-order valence-electron chi connectivity index (χ4n) is 1.86. The van der Waals surface area contributed by atoms with Crippen LogP contribution in [-0.4, -0.2) is 46.9 Å². The predicted molar refractivity (Wildman–Crippen MR) is 76.3 cm³/mol. The van der Waals surface area contributed by atoms with Gasteiger partial charge in [0.15, 0.2) is 5.54 Å². The molecule has 0 amide bonds. The highest BCUT2D eigenvalue weighted by atomic mass is 16.5. The van der Waals surface area contributed by atoms with E-state index in [0.717, 1.165) is 0 Å². The quantitative estimate of drug-likeness (QED) is 0.571. The van der Waals surface area contributed by atoms with Crippen LogP contribution in [0, 0.1) is 0 Å². The van der Waals surface area contributed by atoms with Gasteiger partial charge in [-0.2, -0.15) is 0 Å². The third-order valence-electron chi connectivity index (χ3n) is 2.84. The number of carboxylic acid groups (broad SMARTS) is 1. The van der Waals surface area contributed by atoms with Gasteiger partial charge < -0.3 is 15.2 Å². The SMILES string of the molecule is O=C(O)CC1(C(=O)OCCNc2ccccn2)C=CC=N1. The Hall–Kier alpha value is -2.70. The average molecular weight is 289 g/mol. The lowest BCUT2D eigenvalue weighted by Gasteiger charge is -2.20. The molecule has 2 heterocycles. The second-order valence-corrected chi connectivity index (χ2v) is 4.41. The summed E-state index contributed by atoms with van der Waals surface area (Å²) in [5.41, 5.74) is -1.43. The van der Waals surface area contributed by atoms with Crippen molar-refractivity contribution in [2.75, 3.05) is 18.5 Å². The number of pyridine rings is 1. The van der Waals surface area contributed by atoms with Crippen LogP contribution in [0.4, 0.5) is 5.82 Å². The first-order chi connectivity index (χ1) is 10.1. The molecule has 1 aliphatic heterocycles. The van der Waals surface area contributed by atoms with Crippen molar-refractivity contribution < 1.29 is 19.4 Å². The van der Waals surface area contributed by atoms with E-state index in [9.17, 15) is 9.59 Å². The zero-order valence-corrected chi connectivity index (χ0v) is 11.2. The fraction of sp³-hybridized carbons (Fsp3) is 0.286. The van der Waals surface area contributed by atoms with Crippen molar-refractivity contribution in [3.8, 4) is 0 Å². The van der Waals surface area contributed by atoms with E-state index in [0.29, 0.717) is 12.4 Å². The van der Waals surface area contributed by atoms with Crippen molar-refractivity contribution in [1.29, 1.82) is 0 Å². The molecule has 2 rings (SSSR count). The number of aromatic nitrogens is 1. The molecule has 0 saturated heterocycles. The highest BCUT2D eigenvalue weighted by Gasteiger charge is 2.40. The lowest BCUT2D eigenvalue weighted by molar-refractivity contribution is -0.152. The standard InChI is InChI=1S/C14H15N3O4/c18-12(19)10-14(5-3-7-17-14)13(20)21-9-8-16-11-4-1-2-6-15-11/h1-7H,8-10H2,(H,15,16)(H,18,19). The fourth-order valence-corrected chi connectivity index (χ4v) is 1.86. The molecule has 1 unspecified atom stereocenters. The molecule has 0 bridgehead atoms. The maximum atomic E-state index is 12.0. The molecule has 2 N–H and O–H groups in total. The van der Waals surface area contributed by atoms with Gasteiger partial charge in [-0.05, 0) is 24.3 Å². The Balaban J connectivity index is 1.82. The van der Waals surface area contributed by atoms with E-state index in [-0.39, 0.29) is 6.61 Å². The van der Waals surface area contributed by atoms with Crippen LogP contribution in [0.25, 0.3) is 0 Å². The van der Waals surface area contributed by atoms with E-state index in [2.05, 4.69) is 15.3 Å². The summed E-state index contributed by atoms with van der Waals surface area (Å²) in [6.07, 6.45) is 5.60. The summed E-state index contributed by atoms with van der Waals surface area (Å²) < 4.78 is 5.09. The van der Waals surface area contributed by atoms with E-state index in [1.54, 1.807) is 18.3 Å². The van der Waals surface area contributed by atoms with Crippen molar-refractivity contribution in [2.45, 2.75) is 12.0 Å². The molecule has 7 heteroatoms. The largest absolute Gasteiger partial charge is 0.481 e. The number of aliphatic carboxylic acids is 1. The Morgan fingerprint density at radius 1 is 1.38 bits per heavy atom. The Morgan fingerprint density at radius 2 is 2.24 bits per heavy atom. The van der Waals surface area contributed by atoms with Gasteiger partial charge in [0, 0.05) is 12.4 Å². The molecular weight excluding hydrogens is 274 g/mol. The molecule has 21 heavy (non-hydrogen) atoms. The van der Waals surface area contributed by atoms with Crippen molar-refractivity contribution in [2.24, 2.45) is 4.99 Å². The topological polar surface area (TPSA) is 101 Å². The van der Waals surface area contributed by atoms with E-state index in [4.69, 9.17) is 9.84 Å². The van der Waals surface area contributed by atoms with Gasteiger partial charge in [-0.3, -0.25) is 9.79 Å². The maximum Gasteiger partial charge on any atom is 0.338 e. The number of rotatable bonds is 7. The highest BCUT2D eigenvalue weighted by Crippen LogP contribution is 2.23. The zero-order valence-electron chi connectivity index (χ0n) is 11.2. The molecular formula is C14H15N3O4. The third-order valence-corrected chi connectivity index (χ3v) is 2.84. The summed E-state index contributed by atoms with van der Waals surface area (Å²) in [5, 5.41) is 11.9. The van der Waals surface area contributed by atoms with E-state index in [1.165, 1.54) is 18.4 Å². The van der Waals surface area contributed by atoms with Crippen LogP contribution in [0.5, 0.6) is 0 Å². The van der Waals surface area contributed by atoms with Crippen molar-refractivity contribution in [3.05, 3.63) is 36.5 Å². The van der Waals surface area contributed by atoms with Crippen LogP contribution in [0.1, 0.15) is 6.42 Å². The van der Waals surface area contributed by atoms with Gasteiger partial charge in [0.2, 0.25) is 0 Å². The second kappa shape index (κ2) is 6.65. The number of anilines is 1. The number of aliphatic imine (C=N–C) groups is 1. The van der Waals surface area contributed by atoms with Gasteiger partial charge >= 0.3 is 11.9 Å². The zero-order chi connectivity index (χ0) is 15.1. The number of nitrogens with one attached hydrogen (secondary N) is 1. The monoisotopic (exact) mass is 289 g/mol. The number of carbonyl (C=O) groups is 2. The summed E-state index contributed by atoms with van der Waals surface area (Å²) in [5.74, 6) is -1.10. The van der Waals surface area contributed by atoms with Crippen molar-refractivity contribution in [1.82, 2.24) is 4.98 Å². The number of nitrogens with zero attached hydrogens (tertiary/aromatic N) is 2. The van der Waals surface area contributed by atoms with Crippen LogP contribution in [-0.2, 0) is 14.3 Å². The second-order valence-electron chi connectivity index (χ2n) is 4.41. The van der Waals surface area contributed by atoms with Crippen molar-refractivity contribution in [3.63, 3.8) is 0 Å². The van der Waals surface area contributed by atoms with Gasteiger partial charge in [-0.15, -0.1) is 0 Å². The van der Waals surface area contributed by atoms with Gasteiger partial charge in [-0.25, -0.2) is 9.78 Å². The first-order valence-corrected chi connectivity index (χ1v) is 6.39. The summed E-state index contributed by atoms with van der Waals surface area (Å²) in [4.78, 5) is 30.8. The van der Waals surface area contributed by atoms with E-state index >= 15 is 0 Å². The van der Waals surface area contributed by atoms with Crippen LogP contribution >= 0.6 is 0 Å². The van der Waals surface area contributed by atoms with Crippen LogP contribution in [0.15, 0.2) is 41.5 Å². The molecule has 0 saturated carbocycles. The molecule has 0 aromatic carbocycles. The van der Waals surface area contributed by atoms with Gasteiger partial charge in [0.05, 0.1) is 13.0 Å². The Bertz CT molecular complexity index is 557. The minimum absolute atomic E-state index is 0.0974. The van der Waals surface area contributed by atoms with E-state index < -0.39 is 23.9 Å². The van der Waals surface area contributed by atoms with Crippen LogP contribution < -0.4 is 5.32 Å². The Morgan fingerprint density at radius 3 is 2.86 bits per heavy atom. The smallest absolute Gasteiger partial charge is 0.338 e. The van der Waals surface area contributed by atoms with Crippen LogP contribution in [0.2, 0.25) is 0 Å². The minimum atomic E-state index is -1.43. The lowest BCUT2D eigenvalue weighted by Crippen LogP contribution is -2.38. The first kappa shape index (κ1) is 14.7. The molecule has 0 spiro atoms. The minimum Gasteiger partial charge on any atom is -0.481 e. The molecule has 0 aliphatic carbocycles. The molecule has 110 valence electrons. The molecule has 7 nitrogen and oxygen atoms in total. The number of allylic oxidation sites excluding steroid dienone is 1. The summed E-state index contributed by atoms with van der Waals surface area (Å²) >= 11 is 0. The molecule has 1 aromatic rings. The number of hydrogen-bond acceptors (Lipinski definition) is 6. The number of carbonyl (C=O) groups excluding carboxylic acids is 1. The number of esters is 1. The number of hydrogen-bond donors (Lipinski definition) is 2. The highest BCUT2D eigenvalue weighted by molar-refractivity contribution is 5.94. The summed E-state index contributed by atoms with van der Waals surface area (Å²) in [6.45, 7) is 0.472. The summed E-state index contributed by atoms with van der Waals surface area (Å²) in [7, 11) is 0. The number of ether oxygens (including phenoxy) is 1. The normalized spacial score (nSPS) is 19.4. The van der Waals surface area contributed by atoms with Crippen molar-refractivity contribution >= 4 is 24.0 Å². The third kappa shape index (κ3) is 3.88.